The minimum absolute atomic E-state index is 0.0294. The summed E-state index contributed by atoms with van der Waals surface area (Å²) in [6, 6.07) is 2.07. The smallest absolute Gasteiger partial charge is 0.243 e. The third-order valence-corrected chi connectivity index (χ3v) is 2.35. The number of hydrogen-bond acceptors (Lipinski definition) is 3. The first kappa shape index (κ1) is 10.6. The Kier molecular flexibility index (Phi) is 3.13. The minimum Gasteiger partial charge on any atom is -0.380 e. The monoisotopic (exact) mass is 193 g/mol. The largest absolute Gasteiger partial charge is 0.380 e. The van der Waals surface area contributed by atoms with Gasteiger partial charge < -0.3 is 10.2 Å². The first-order chi connectivity index (χ1) is 6.56. The van der Waals surface area contributed by atoms with Crippen LogP contribution in [0.4, 0.5) is 0 Å². The van der Waals surface area contributed by atoms with Crippen LogP contribution >= 0.6 is 0 Å². The molecule has 0 bridgehead atoms. The van der Waals surface area contributed by atoms with Gasteiger partial charge in [-0.15, -0.1) is 0 Å². The summed E-state index contributed by atoms with van der Waals surface area (Å²) in [6.45, 7) is 7.63. The van der Waals surface area contributed by atoms with Gasteiger partial charge in [0.05, 0.1) is 12.6 Å². The Morgan fingerprint density at radius 1 is 1.79 bits per heavy atom. The van der Waals surface area contributed by atoms with E-state index in [9.17, 15) is 4.79 Å². The van der Waals surface area contributed by atoms with Crippen molar-refractivity contribution in [3.05, 3.63) is 12.3 Å². The molecule has 0 aromatic heterocycles. The number of nitrogens with zero attached hydrogens (tertiary/aromatic N) is 2. The van der Waals surface area contributed by atoms with E-state index in [1.807, 2.05) is 6.92 Å². The molecule has 1 fully saturated rings. The van der Waals surface area contributed by atoms with E-state index in [4.69, 9.17) is 5.26 Å². The van der Waals surface area contributed by atoms with Crippen molar-refractivity contribution in [2.75, 3.05) is 6.54 Å². The van der Waals surface area contributed by atoms with E-state index in [0.717, 1.165) is 12.1 Å². The van der Waals surface area contributed by atoms with Gasteiger partial charge in [0.25, 0.3) is 0 Å². The molecule has 0 saturated carbocycles. The van der Waals surface area contributed by atoms with Gasteiger partial charge in [-0.2, -0.15) is 5.26 Å². The van der Waals surface area contributed by atoms with Crippen LogP contribution in [0.25, 0.3) is 0 Å². The molecule has 0 aromatic carbocycles. The molecule has 0 aromatic rings. The summed E-state index contributed by atoms with van der Waals surface area (Å²) in [5.74, 6) is -0.0294. The van der Waals surface area contributed by atoms with Gasteiger partial charge in [-0.3, -0.25) is 4.79 Å². The average molecular weight is 193 g/mol. The van der Waals surface area contributed by atoms with Crippen molar-refractivity contribution in [3.8, 4) is 6.07 Å². The van der Waals surface area contributed by atoms with Crippen LogP contribution < -0.4 is 5.32 Å². The van der Waals surface area contributed by atoms with Crippen molar-refractivity contribution in [1.29, 1.82) is 5.26 Å². The Labute approximate surface area is 84.2 Å². The fourth-order valence-corrected chi connectivity index (χ4v) is 1.57. The SMILES string of the molecule is C=C(C)NCC(=O)N1C(C)CC1C#N. The van der Waals surface area contributed by atoms with Crippen LogP contribution in [0, 0.1) is 11.3 Å². The number of hydrogen-bond donors (Lipinski definition) is 1. The number of amides is 1. The predicted molar refractivity (Wildman–Crippen MR) is 53.1 cm³/mol. The number of allylic oxidation sites excluding steroid dienone is 1. The zero-order chi connectivity index (χ0) is 10.7. The third kappa shape index (κ3) is 2.05. The molecule has 1 saturated heterocycles. The molecule has 0 aliphatic carbocycles. The van der Waals surface area contributed by atoms with Crippen LogP contribution in [0.2, 0.25) is 0 Å². The summed E-state index contributed by atoms with van der Waals surface area (Å²) in [5, 5.41) is 11.6. The first-order valence-corrected chi connectivity index (χ1v) is 4.66. The maximum absolute atomic E-state index is 11.6. The van der Waals surface area contributed by atoms with Crippen LogP contribution in [0.5, 0.6) is 0 Å². The maximum atomic E-state index is 11.6. The summed E-state index contributed by atoms with van der Waals surface area (Å²) in [6.07, 6.45) is 0.787. The second kappa shape index (κ2) is 4.14. The van der Waals surface area contributed by atoms with Crippen LogP contribution in [-0.2, 0) is 4.79 Å². The van der Waals surface area contributed by atoms with Gasteiger partial charge in [-0.05, 0) is 13.8 Å². The first-order valence-electron chi connectivity index (χ1n) is 4.66. The van der Waals surface area contributed by atoms with Crippen LogP contribution in [-0.4, -0.2) is 29.4 Å². The van der Waals surface area contributed by atoms with Gasteiger partial charge in [0, 0.05) is 18.2 Å². The summed E-state index contributed by atoms with van der Waals surface area (Å²) in [5.41, 5.74) is 0.764. The molecule has 2 unspecified atom stereocenters. The fraction of sp³-hybridized carbons (Fsp3) is 0.600. The van der Waals surface area contributed by atoms with Gasteiger partial charge in [0.1, 0.15) is 6.04 Å². The van der Waals surface area contributed by atoms with E-state index < -0.39 is 0 Å². The highest BCUT2D eigenvalue weighted by atomic mass is 16.2. The van der Waals surface area contributed by atoms with Crippen LogP contribution in [0.1, 0.15) is 20.3 Å². The Hall–Kier alpha value is -1.50. The molecule has 14 heavy (non-hydrogen) atoms. The number of carbonyl (C=O) groups excluding carboxylic acids is 1. The molecule has 1 rings (SSSR count). The molecule has 1 aliphatic heterocycles. The van der Waals surface area contributed by atoms with Crippen molar-refractivity contribution in [3.63, 3.8) is 0 Å². The van der Waals surface area contributed by atoms with Gasteiger partial charge in [-0.25, -0.2) is 0 Å². The molecular formula is C10H15N3O. The highest BCUT2D eigenvalue weighted by Crippen LogP contribution is 2.24. The third-order valence-electron chi connectivity index (χ3n) is 2.35. The molecule has 2 atom stereocenters. The second-order valence-corrected chi connectivity index (χ2v) is 3.66. The second-order valence-electron chi connectivity index (χ2n) is 3.66. The van der Waals surface area contributed by atoms with Gasteiger partial charge in [0.15, 0.2) is 0 Å². The Bertz CT molecular complexity index is 292. The summed E-state index contributed by atoms with van der Waals surface area (Å²) in [4.78, 5) is 13.2. The van der Waals surface area contributed by atoms with E-state index in [-0.39, 0.29) is 24.5 Å². The van der Waals surface area contributed by atoms with Gasteiger partial charge in [-0.1, -0.05) is 6.58 Å². The Morgan fingerprint density at radius 2 is 2.43 bits per heavy atom. The zero-order valence-electron chi connectivity index (χ0n) is 8.58. The highest BCUT2D eigenvalue weighted by Gasteiger charge is 2.38. The standard InChI is InChI=1S/C10H15N3O/c1-7(2)12-6-10(14)13-8(3)4-9(13)5-11/h8-9,12H,1,4,6H2,2-3H3. The molecular weight excluding hydrogens is 178 g/mol. The number of likely N-dealkylation sites (tertiary alicyclic amines) is 1. The highest BCUT2D eigenvalue weighted by molar-refractivity contribution is 5.80. The minimum atomic E-state index is -0.232. The molecule has 1 heterocycles. The van der Waals surface area contributed by atoms with E-state index in [2.05, 4.69) is 18.0 Å². The van der Waals surface area contributed by atoms with Crippen molar-refractivity contribution in [2.45, 2.75) is 32.4 Å². The molecule has 1 amide bonds. The van der Waals surface area contributed by atoms with E-state index in [1.165, 1.54) is 0 Å². The topological polar surface area (TPSA) is 56.1 Å². The molecule has 4 heteroatoms. The summed E-state index contributed by atoms with van der Waals surface area (Å²) < 4.78 is 0. The molecule has 0 spiro atoms. The van der Waals surface area contributed by atoms with E-state index >= 15 is 0 Å². The van der Waals surface area contributed by atoms with E-state index in [1.54, 1.807) is 11.8 Å². The lowest BCUT2D eigenvalue weighted by molar-refractivity contribution is -0.140. The number of carbonyl (C=O) groups is 1. The number of rotatable bonds is 3. The molecule has 76 valence electrons. The summed E-state index contributed by atoms with van der Waals surface area (Å²) in [7, 11) is 0. The van der Waals surface area contributed by atoms with Crippen molar-refractivity contribution in [2.24, 2.45) is 0 Å². The number of nitrogens with one attached hydrogen (secondary N) is 1. The molecule has 1 N–H and O–H groups in total. The normalized spacial score (nSPS) is 24.8. The maximum Gasteiger partial charge on any atom is 0.243 e. The number of nitriles is 1. The molecule has 1 aliphatic rings. The van der Waals surface area contributed by atoms with Crippen LogP contribution in [0.15, 0.2) is 12.3 Å². The molecule has 0 radical (unpaired) electrons. The lowest BCUT2D eigenvalue weighted by Crippen LogP contribution is -2.58. The lowest BCUT2D eigenvalue weighted by Gasteiger charge is -2.43. The lowest BCUT2D eigenvalue weighted by atomic mass is 9.95. The predicted octanol–water partition coefficient (Wildman–Crippen LogP) is 0.623. The quantitative estimate of drug-likeness (QED) is 0.715. The Balaban J connectivity index is 2.44. The van der Waals surface area contributed by atoms with Crippen molar-refractivity contribution < 1.29 is 4.79 Å². The van der Waals surface area contributed by atoms with Crippen molar-refractivity contribution >= 4 is 5.91 Å². The van der Waals surface area contributed by atoms with Gasteiger partial charge >= 0.3 is 0 Å². The molecule has 4 nitrogen and oxygen atoms in total. The van der Waals surface area contributed by atoms with E-state index in [0.29, 0.717) is 0 Å². The zero-order valence-corrected chi connectivity index (χ0v) is 8.58. The van der Waals surface area contributed by atoms with Gasteiger partial charge in [0.2, 0.25) is 5.91 Å². The fourth-order valence-electron chi connectivity index (χ4n) is 1.57. The van der Waals surface area contributed by atoms with Crippen molar-refractivity contribution in [1.82, 2.24) is 10.2 Å². The summed E-state index contributed by atoms with van der Waals surface area (Å²) >= 11 is 0. The Morgan fingerprint density at radius 3 is 2.86 bits per heavy atom. The average Bonchev–Trinajstić information content (AvgIpc) is 2.10. The van der Waals surface area contributed by atoms with Crippen LogP contribution in [0.3, 0.4) is 0 Å².